The van der Waals surface area contributed by atoms with Crippen LogP contribution in [-0.2, 0) is 0 Å². The zero-order chi connectivity index (χ0) is 17.4. The molecule has 6 nitrogen and oxygen atoms in total. The zero-order valence-electron chi connectivity index (χ0n) is 13.2. The first-order chi connectivity index (χ1) is 12.1. The lowest BCUT2D eigenvalue weighted by molar-refractivity contribution is 0.0951. The molecule has 4 aromatic rings. The van der Waals surface area contributed by atoms with E-state index in [1.54, 1.807) is 4.57 Å². The van der Waals surface area contributed by atoms with Crippen LogP contribution in [0.25, 0.3) is 21.8 Å². The lowest BCUT2D eigenvalue weighted by Crippen LogP contribution is -2.13. The van der Waals surface area contributed by atoms with Gasteiger partial charge in [-0.3, -0.25) is 9.36 Å². The molecule has 2 heterocycles. The molecule has 0 saturated heterocycles. The molecular weight excluding hydrogens is 334 g/mol. The van der Waals surface area contributed by atoms with Crippen molar-refractivity contribution in [3.8, 4) is 0 Å². The van der Waals surface area contributed by atoms with Crippen LogP contribution in [0.4, 0.5) is 11.6 Å². The number of hydrogen-bond acceptors (Lipinski definition) is 6. The van der Waals surface area contributed by atoms with Crippen molar-refractivity contribution in [3.63, 3.8) is 0 Å². The summed E-state index contributed by atoms with van der Waals surface area (Å²) in [7, 11) is 0. The summed E-state index contributed by atoms with van der Waals surface area (Å²) in [6, 6.07) is 17.2. The molecule has 0 radical (unpaired) electrons. The number of hydrogen-bond donors (Lipinski definition) is 2. The quantitative estimate of drug-likeness (QED) is 0.435. The van der Waals surface area contributed by atoms with E-state index in [4.69, 9.17) is 11.5 Å². The number of nitrogens with two attached hydrogens (primary N) is 2. The van der Waals surface area contributed by atoms with Gasteiger partial charge in [0, 0.05) is 16.8 Å². The third kappa shape index (κ3) is 2.78. The standard InChI is InChI=1S/C18H15N5OS/c19-15-9-16(20)22-18(21-15)25-10-17(24)23-13-7-3-1-5-11(13)12-6-2-4-8-14(12)23/h1-9H,10H2,(H4,19,20,21,22). The van der Waals surface area contributed by atoms with Gasteiger partial charge in [0.2, 0.25) is 5.91 Å². The Labute approximate surface area is 147 Å². The van der Waals surface area contributed by atoms with E-state index in [-0.39, 0.29) is 11.7 Å². The molecule has 0 aliphatic carbocycles. The fourth-order valence-electron chi connectivity index (χ4n) is 2.91. The second kappa shape index (κ2) is 6.10. The molecule has 0 unspecified atom stereocenters. The predicted molar refractivity (Wildman–Crippen MR) is 102 cm³/mol. The molecule has 7 heteroatoms. The van der Waals surface area contributed by atoms with Crippen molar-refractivity contribution >= 4 is 51.1 Å². The number of carbonyl (C=O) groups excluding carboxylic acids is 1. The van der Waals surface area contributed by atoms with Gasteiger partial charge >= 0.3 is 0 Å². The SMILES string of the molecule is Nc1cc(N)nc(SCC(=O)n2c3ccccc3c3ccccc32)n1. The molecule has 124 valence electrons. The van der Waals surface area contributed by atoms with E-state index < -0.39 is 0 Å². The van der Waals surface area contributed by atoms with Crippen LogP contribution in [0.3, 0.4) is 0 Å². The molecule has 0 aliphatic rings. The second-order valence-electron chi connectivity index (χ2n) is 5.55. The van der Waals surface area contributed by atoms with Crippen LogP contribution in [0.1, 0.15) is 4.79 Å². The summed E-state index contributed by atoms with van der Waals surface area (Å²) in [6.45, 7) is 0. The van der Waals surface area contributed by atoms with Gasteiger partial charge < -0.3 is 11.5 Å². The highest BCUT2D eigenvalue weighted by molar-refractivity contribution is 7.99. The minimum atomic E-state index is -0.0491. The van der Waals surface area contributed by atoms with Crippen molar-refractivity contribution in [1.29, 1.82) is 0 Å². The van der Waals surface area contributed by atoms with Gasteiger partial charge in [0.15, 0.2) is 5.16 Å². The van der Waals surface area contributed by atoms with E-state index in [0.717, 1.165) is 21.8 Å². The number of fused-ring (bicyclic) bond motifs is 3. The van der Waals surface area contributed by atoms with Gasteiger partial charge in [0.1, 0.15) is 11.6 Å². The van der Waals surface area contributed by atoms with Crippen LogP contribution in [0.5, 0.6) is 0 Å². The molecule has 2 aromatic heterocycles. The van der Waals surface area contributed by atoms with Crippen LogP contribution in [0.15, 0.2) is 59.8 Å². The van der Waals surface area contributed by atoms with Gasteiger partial charge in [-0.2, -0.15) is 0 Å². The Hall–Kier alpha value is -3.06. The van der Waals surface area contributed by atoms with E-state index in [2.05, 4.69) is 9.97 Å². The normalized spacial score (nSPS) is 11.2. The predicted octanol–water partition coefficient (Wildman–Crippen LogP) is 3.18. The average Bonchev–Trinajstić information content (AvgIpc) is 2.93. The molecule has 0 fully saturated rings. The van der Waals surface area contributed by atoms with Gasteiger partial charge in [0.05, 0.1) is 16.8 Å². The number of anilines is 2. The van der Waals surface area contributed by atoms with Gasteiger partial charge in [-0.05, 0) is 12.1 Å². The van der Waals surface area contributed by atoms with E-state index in [0.29, 0.717) is 16.8 Å². The van der Waals surface area contributed by atoms with Crippen molar-refractivity contribution in [2.24, 2.45) is 0 Å². The summed E-state index contributed by atoms with van der Waals surface area (Å²) in [4.78, 5) is 21.1. The number of nitrogen functional groups attached to an aromatic ring is 2. The van der Waals surface area contributed by atoms with E-state index in [1.807, 2.05) is 48.5 Å². The van der Waals surface area contributed by atoms with Gasteiger partial charge in [-0.1, -0.05) is 48.2 Å². The minimum Gasteiger partial charge on any atom is -0.383 e. The van der Waals surface area contributed by atoms with Crippen molar-refractivity contribution in [1.82, 2.24) is 14.5 Å². The first kappa shape index (κ1) is 15.5. The Kier molecular flexibility index (Phi) is 3.77. The number of aromatic nitrogens is 3. The maximum absolute atomic E-state index is 12.9. The van der Waals surface area contributed by atoms with Crippen molar-refractivity contribution in [2.75, 3.05) is 17.2 Å². The highest BCUT2D eigenvalue weighted by Gasteiger charge is 2.16. The summed E-state index contributed by atoms with van der Waals surface area (Å²) in [5.74, 6) is 0.719. The van der Waals surface area contributed by atoms with Crippen LogP contribution < -0.4 is 11.5 Å². The van der Waals surface area contributed by atoms with Crippen molar-refractivity contribution in [2.45, 2.75) is 5.16 Å². The minimum absolute atomic E-state index is 0.0491. The van der Waals surface area contributed by atoms with Crippen LogP contribution in [0.2, 0.25) is 0 Å². The lowest BCUT2D eigenvalue weighted by atomic mass is 10.2. The first-order valence-electron chi connectivity index (χ1n) is 7.68. The fourth-order valence-corrected chi connectivity index (χ4v) is 3.63. The smallest absolute Gasteiger partial charge is 0.242 e. The highest BCUT2D eigenvalue weighted by Crippen LogP contribution is 2.29. The molecule has 0 bridgehead atoms. The summed E-state index contributed by atoms with van der Waals surface area (Å²) >= 11 is 1.22. The lowest BCUT2D eigenvalue weighted by Gasteiger charge is -2.06. The molecule has 4 N–H and O–H groups in total. The summed E-state index contributed by atoms with van der Waals surface area (Å²) in [5, 5.41) is 2.51. The number of benzene rings is 2. The molecule has 25 heavy (non-hydrogen) atoms. The van der Waals surface area contributed by atoms with E-state index in [1.165, 1.54) is 17.8 Å². The third-order valence-corrected chi connectivity index (χ3v) is 4.73. The molecule has 0 spiro atoms. The molecule has 0 saturated carbocycles. The van der Waals surface area contributed by atoms with Gasteiger partial charge in [-0.15, -0.1) is 0 Å². The largest absolute Gasteiger partial charge is 0.383 e. The van der Waals surface area contributed by atoms with Crippen molar-refractivity contribution < 1.29 is 4.79 Å². The van der Waals surface area contributed by atoms with E-state index in [9.17, 15) is 4.79 Å². The summed E-state index contributed by atoms with van der Waals surface area (Å²) in [5.41, 5.74) is 13.1. The number of carbonyl (C=O) groups is 1. The van der Waals surface area contributed by atoms with Gasteiger partial charge in [0.25, 0.3) is 0 Å². The monoisotopic (exact) mass is 349 g/mol. The van der Waals surface area contributed by atoms with Crippen molar-refractivity contribution in [3.05, 3.63) is 54.6 Å². The first-order valence-corrected chi connectivity index (χ1v) is 8.66. The molecule has 2 aromatic carbocycles. The maximum Gasteiger partial charge on any atom is 0.242 e. The molecule has 0 amide bonds. The van der Waals surface area contributed by atoms with Crippen LogP contribution in [-0.4, -0.2) is 26.2 Å². The Balaban J connectivity index is 1.72. The summed E-state index contributed by atoms with van der Waals surface area (Å²) in [6.07, 6.45) is 0. The number of rotatable bonds is 3. The van der Waals surface area contributed by atoms with Gasteiger partial charge in [-0.25, -0.2) is 9.97 Å². The molecule has 4 rings (SSSR count). The summed E-state index contributed by atoms with van der Waals surface area (Å²) < 4.78 is 1.74. The molecule has 0 aliphatic heterocycles. The third-order valence-electron chi connectivity index (χ3n) is 3.90. The Morgan fingerprint density at radius 1 is 0.920 bits per heavy atom. The van der Waals surface area contributed by atoms with Crippen LogP contribution >= 0.6 is 11.8 Å². The Bertz CT molecular complexity index is 1030. The van der Waals surface area contributed by atoms with Crippen LogP contribution in [0, 0.1) is 0 Å². The Morgan fingerprint density at radius 2 is 1.44 bits per heavy atom. The number of thioether (sulfide) groups is 1. The fraction of sp³-hybridized carbons (Fsp3) is 0.0556. The molecule has 0 atom stereocenters. The number of nitrogens with zero attached hydrogens (tertiary/aromatic N) is 3. The highest BCUT2D eigenvalue weighted by atomic mass is 32.2. The second-order valence-corrected chi connectivity index (χ2v) is 6.49. The molecular formula is C18H15N5OS. The zero-order valence-corrected chi connectivity index (χ0v) is 14.0. The number of para-hydroxylation sites is 2. The Morgan fingerprint density at radius 3 is 2.00 bits per heavy atom. The topological polar surface area (TPSA) is 99.8 Å². The average molecular weight is 349 g/mol. The maximum atomic E-state index is 12.9. The van der Waals surface area contributed by atoms with E-state index >= 15 is 0 Å².